The predicted octanol–water partition coefficient (Wildman–Crippen LogP) is -2.16. The molecule has 1 aromatic carbocycles. The minimum Gasteiger partial charge on any atom is -0.395 e. The van der Waals surface area contributed by atoms with Gasteiger partial charge in [-0.15, -0.1) is 0 Å². The summed E-state index contributed by atoms with van der Waals surface area (Å²) in [5, 5.41) is 60.9. The number of aliphatic hydroxyl groups is 6. The van der Waals surface area contributed by atoms with E-state index in [2.05, 4.69) is 10.6 Å². The van der Waals surface area contributed by atoms with E-state index in [9.17, 15) is 34.8 Å². The summed E-state index contributed by atoms with van der Waals surface area (Å²) >= 11 is 5.92. The molecular formula is C20H28I3N3O9. The van der Waals surface area contributed by atoms with Crippen molar-refractivity contribution in [3.05, 3.63) is 21.8 Å². The molecule has 0 aliphatic carbocycles. The van der Waals surface area contributed by atoms with Crippen LogP contribution in [0.15, 0.2) is 0 Å². The first kappa shape index (κ1) is 32.6. The Labute approximate surface area is 242 Å². The Morgan fingerprint density at radius 3 is 1.54 bits per heavy atom. The van der Waals surface area contributed by atoms with Crippen LogP contribution in [-0.2, 0) is 27.2 Å². The number of carbonyl (C=O) groups is 3. The number of rotatable bonds is 14. The molecule has 0 radical (unpaired) electrons. The minimum atomic E-state index is -1.12. The van der Waals surface area contributed by atoms with Gasteiger partial charge in [-0.3, -0.25) is 14.4 Å². The van der Waals surface area contributed by atoms with Crippen molar-refractivity contribution in [1.82, 2.24) is 10.6 Å². The fourth-order valence-electron chi connectivity index (χ4n) is 2.89. The third kappa shape index (κ3) is 9.76. The van der Waals surface area contributed by atoms with E-state index in [1.165, 1.54) is 4.90 Å². The summed E-state index contributed by atoms with van der Waals surface area (Å²) in [5.41, 5.74) is 1.31. The van der Waals surface area contributed by atoms with Crippen LogP contribution in [0.3, 0.4) is 0 Å². The van der Waals surface area contributed by atoms with Crippen LogP contribution >= 0.6 is 67.8 Å². The first-order chi connectivity index (χ1) is 16.5. The van der Waals surface area contributed by atoms with Gasteiger partial charge in [-0.1, -0.05) is 0 Å². The lowest BCUT2D eigenvalue weighted by Crippen LogP contribution is -2.38. The molecule has 0 saturated carbocycles. The summed E-state index contributed by atoms with van der Waals surface area (Å²) in [6.07, 6.45) is -2.59. The third-order valence-corrected chi connectivity index (χ3v) is 8.30. The SMILES string of the molecule is O=C(Cc1c(I)c(CC(=O)NCC(O)CO)c(I)c(N(CCO)C(=O)CO)c1I)NCC(O)CO. The Bertz CT molecular complexity index is 849. The number of nitrogens with zero attached hydrogens (tertiary/aromatic N) is 1. The van der Waals surface area contributed by atoms with Crippen molar-refractivity contribution in [2.24, 2.45) is 0 Å². The number of hydrogen-bond acceptors (Lipinski definition) is 9. The molecule has 8 N–H and O–H groups in total. The van der Waals surface area contributed by atoms with Gasteiger partial charge in [0, 0.05) is 30.3 Å². The van der Waals surface area contributed by atoms with Crippen molar-refractivity contribution < 1.29 is 45.0 Å². The van der Waals surface area contributed by atoms with Gasteiger partial charge in [-0.05, 0) is 78.9 Å². The maximum atomic E-state index is 12.6. The largest absolute Gasteiger partial charge is 0.395 e. The van der Waals surface area contributed by atoms with E-state index in [1.54, 1.807) is 0 Å². The van der Waals surface area contributed by atoms with E-state index in [0.717, 1.165) is 0 Å². The first-order valence-corrected chi connectivity index (χ1v) is 13.6. The average molecular weight is 835 g/mol. The molecule has 15 heteroatoms. The van der Waals surface area contributed by atoms with Crippen LogP contribution in [0.2, 0.25) is 0 Å². The number of nitrogens with one attached hydrogen (secondary N) is 2. The van der Waals surface area contributed by atoms with Crippen LogP contribution in [0, 0.1) is 10.7 Å². The highest BCUT2D eigenvalue weighted by Crippen LogP contribution is 2.38. The number of benzene rings is 1. The maximum Gasteiger partial charge on any atom is 0.252 e. The third-order valence-electron chi connectivity index (χ3n) is 4.67. The second-order valence-electron chi connectivity index (χ2n) is 7.31. The lowest BCUT2D eigenvalue weighted by atomic mass is 10.0. The van der Waals surface area contributed by atoms with Gasteiger partial charge in [0.15, 0.2) is 0 Å². The van der Waals surface area contributed by atoms with Gasteiger partial charge in [0.2, 0.25) is 11.8 Å². The zero-order valence-electron chi connectivity index (χ0n) is 18.5. The van der Waals surface area contributed by atoms with Crippen molar-refractivity contribution in [3.8, 4) is 0 Å². The summed E-state index contributed by atoms with van der Waals surface area (Å²) < 4.78 is 1.59. The molecule has 0 aliphatic rings. The van der Waals surface area contributed by atoms with Crippen LogP contribution in [0.4, 0.5) is 5.69 Å². The first-order valence-electron chi connectivity index (χ1n) is 10.3. The number of amides is 3. The quantitative estimate of drug-likeness (QED) is 0.0963. The zero-order chi connectivity index (χ0) is 26.7. The molecule has 0 saturated heterocycles. The summed E-state index contributed by atoms with van der Waals surface area (Å²) in [4.78, 5) is 38.8. The van der Waals surface area contributed by atoms with Crippen LogP contribution in [0.1, 0.15) is 11.1 Å². The molecule has 0 aromatic heterocycles. The summed E-state index contributed by atoms with van der Waals surface area (Å²) in [6, 6.07) is 0. The fourth-order valence-corrected chi connectivity index (χ4v) is 7.40. The summed E-state index contributed by atoms with van der Waals surface area (Å²) in [7, 11) is 0. The molecule has 35 heavy (non-hydrogen) atoms. The van der Waals surface area contributed by atoms with Crippen LogP contribution < -0.4 is 15.5 Å². The molecule has 1 rings (SSSR count). The van der Waals surface area contributed by atoms with Crippen molar-refractivity contribution in [1.29, 1.82) is 0 Å². The zero-order valence-corrected chi connectivity index (χ0v) is 25.0. The van der Waals surface area contributed by atoms with Crippen LogP contribution in [-0.4, -0.2) is 107 Å². The molecule has 198 valence electrons. The van der Waals surface area contributed by atoms with Crippen LogP contribution in [0.25, 0.3) is 0 Å². The highest BCUT2D eigenvalue weighted by molar-refractivity contribution is 14.1. The number of hydrogen-bond donors (Lipinski definition) is 8. The Balaban J connectivity index is 3.52. The fraction of sp³-hybridized carbons (Fsp3) is 0.550. The minimum absolute atomic E-state index is 0.130. The van der Waals surface area contributed by atoms with Gasteiger partial charge in [0.25, 0.3) is 5.91 Å². The Hall–Kier alpha value is -0.420. The monoisotopic (exact) mass is 835 g/mol. The topological polar surface area (TPSA) is 200 Å². The van der Waals surface area contributed by atoms with Gasteiger partial charge in [-0.25, -0.2) is 0 Å². The second kappa shape index (κ2) is 16.4. The van der Waals surface area contributed by atoms with E-state index in [0.29, 0.717) is 27.5 Å². The molecule has 0 spiro atoms. The number of anilines is 1. The Kier molecular flexibility index (Phi) is 15.3. The van der Waals surface area contributed by atoms with Crippen molar-refractivity contribution in [2.75, 3.05) is 51.0 Å². The molecule has 2 unspecified atom stereocenters. The number of aliphatic hydroxyl groups excluding tert-OH is 6. The van der Waals surface area contributed by atoms with Gasteiger partial charge in [0.05, 0.1) is 50.6 Å². The Morgan fingerprint density at radius 2 is 1.20 bits per heavy atom. The summed E-state index contributed by atoms with van der Waals surface area (Å²) in [6.45, 7) is -2.72. The molecule has 0 heterocycles. The van der Waals surface area contributed by atoms with Gasteiger partial charge >= 0.3 is 0 Å². The van der Waals surface area contributed by atoms with Gasteiger partial charge in [0.1, 0.15) is 6.61 Å². The lowest BCUT2D eigenvalue weighted by Gasteiger charge is -2.27. The standard InChI is InChI=1S/C20H28I3N3O9/c21-17-12(3-14(33)24-5-10(31)7-28)18(22)20(26(1-2-27)16(35)9-30)19(23)13(17)4-15(34)25-6-11(32)8-29/h10-11,27-32H,1-9H2,(H,24,33)(H,25,34). The maximum absolute atomic E-state index is 12.6. The van der Waals surface area contributed by atoms with Gasteiger partial charge in [-0.2, -0.15) is 0 Å². The highest BCUT2D eigenvalue weighted by atomic mass is 127. The lowest BCUT2D eigenvalue weighted by molar-refractivity contribution is -0.121. The van der Waals surface area contributed by atoms with E-state index in [1.807, 2.05) is 67.8 Å². The molecule has 2 atom stereocenters. The van der Waals surface area contributed by atoms with Crippen LogP contribution in [0.5, 0.6) is 0 Å². The number of halogens is 3. The molecule has 0 bridgehead atoms. The number of carbonyl (C=O) groups excluding carboxylic acids is 3. The van der Waals surface area contributed by atoms with Crippen molar-refractivity contribution in [2.45, 2.75) is 25.0 Å². The molecule has 0 fully saturated rings. The van der Waals surface area contributed by atoms with Crippen molar-refractivity contribution in [3.63, 3.8) is 0 Å². The van der Waals surface area contributed by atoms with Crippen molar-refractivity contribution >= 4 is 91.2 Å². The van der Waals surface area contributed by atoms with E-state index in [4.69, 9.17) is 10.2 Å². The van der Waals surface area contributed by atoms with E-state index >= 15 is 0 Å². The molecular weight excluding hydrogens is 807 g/mol. The van der Waals surface area contributed by atoms with E-state index < -0.39 is 56.4 Å². The summed E-state index contributed by atoms with van der Waals surface area (Å²) in [5.74, 6) is -1.62. The normalized spacial score (nSPS) is 12.7. The molecule has 12 nitrogen and oxygen atoms in total. The van der Waals surface area contributed by atoms with E-state index in [-0.39, 0.29) is 32.5 Å². The molecule has 0 aliphatic heterocycles. The van der Waals surface area contributed by atoms with Gasteiger partial charge < -0.3 is 46.2 Å². The molecule has 3 amide bonds. The average Bonchev–Trinajstić information content (AvgIpc) is 2.84. The molecule has 1 aromatic rings. The predicted molar refractivity (Wildman–Crippen MR) is 151 cm³/mol. The Morgan fingerprint density at radius 1 is 0.771 bits per heavy atom. The smallest absolute Gasteiger partial charge is 0.252 e. The second-order valence-corrected chi connectivity index (χ2v) is 10.5. The highest BCUT2D eigenvalue weighted by Gasteiger charge is 2.28.